The lowest BCUT2D eigenvalue weighted by molar-refractivity contribution is 0.232. The number of nitrogens with zero attached hydrogens (tertiary/aromatic N) is 4. The van der Waals surface area contributed by atoms with E-state index in [1.807, 2.05) is 0 Å². The minimum atomic E-state index is -0.231. The van der Waals surface area contributed by atoms with Crippen LogP contribution in [0.4, 0.5) is 14.3 Å². The molecule has 29 heavy (non-hydrogen) atoms. The Hall–Kier alpha value is -2.26. The highest BCUT2D eigenvalue weighted by atomic mass is 32.1. The molecule has 0 aliphatic carbocycles. The number of hydrogen-bond acceptors (Lipinski definition) is 6. The third kappa shape index (κ3) is 6.93. The van der Waals surface area contributed by atoms with Crippen molar-refractivity contribution in [2.75, 3.05) is 50.7 Å². The Balaban J connectivity index is 1.37. The Labute approximate surface area is 175 Å². The standard InChI is InChI=1S/C20H29FN6OS/c1-2-3-8-22-19(28)23-9-10-26-11-13-27(14-12-26)20-24-18(25-29-20)15-16-4-6-17(21)7-5-16/h4-7H,2-3,8-15H2,1H3,(H2,22,23,28). The highest BCUT2D eigenvalue weighted by molar-refractivity contribution is 7.09. The topological polar surface area (TPSA) is 73.4 Å². The molecule has 1 fully saturated rings. The maximum Gasteiger partial charge on any atom is 0.314 e. The average Bonchev–Trinajstić information content (AvgIpc) is 3.19. The van der Waals surface area contributed by atoms with Gasteiger partial charge in [-0.2, -0.15) is 4.37 Å². The van der Waals surface area contributed by atoms with Crippen LogP contribution in [0.3, 0.4) is 0 Å². The second kappa shape index (κ2) is 11.1. The number of piperazine rings is 1. The minimum absolute atomic E-state index is 0.0837. The normalized spacial score (nSPS) is 14.8. The van der Waals surface area contributed by atoms with Crippen LogP contribution in [-0.2, 0) is 6.42 Å². The van der Waals surface area contributed by atoms with Crippen LogP contribution in [0.15, 0.2) is 24.3 Å². The maximum atomic E-state index is 13.0. The van der Waals surface area contributed by atoms with E-state index >= 15 is 0 Å². The van der Waals surface area contributed by atoms with E-state index < -0.39 is 0 Å². The minimum Gasteiger partial charge on any atom is -0.344 e. The van der Waals surface area contributed by atoms with Crippen molar-refractivity contribution in [2.45, 2.75) is 26.2 Å². The van der Waals surface area contributed by atoms with Crippen LogP contribution in [0.25, 0.3) is 0 Å². The SMILES string of the molecule is CCCCNC(=O)NCCN1CCN(c2nc(Cc3ccc(F)cc3)ns2)CC1. The Morgan fingerprint density at radius 2 is 1.86 bits per heavy atom. The van der Waals surface area contributed by atoms with Gasteiger partial charge in [0.15, 0.2) is 0 Å². The molecule has 2 heterocycles. The lowest BCUT2D eigenvalue weighted by Gasteiger charge is -2.34. The van der Waals surface area contributed by atoms with E-state index in [1.165, 1.54) is 23.7 Å². The van der Waals surface area contributed by atoms with Gasteiger partial charge in [-0.05, 0) is 24.1 Å². The van der Waals surface area contributed by atoms with Crippen LogP contribution in [-0.4, -0.2) is 66.1 Å². The molecule has 7 nitrogen and oxygen atoms in total. The van der Waals surface area contributed by atoms with E-state index in [1.54, 1.807) is 12.1 Å². The second-order valence-corrected chi connectivity index (χ2v) is 7.89. The number of rotatable bonds is 9. The summed E-state index contributed by atoms with van der Waals surface area (Å²) in [6.07, 6.45) is 2.70. The van der Waals surface area contributed by atoms with Gasteiger partial charge in [0, 0.05) is 63.8 Å². The molecule has 158 valence electrons. The van der Waals surface area contributed by atoms with Crippen molar-refractivity contribution in [3.8, 4) is 0 Å². The number of anilines is 1. The molecule has 0 unspecified atom stereocenters. The third-order valence-corrected chi connectivity index (χ3v) is 5.72. The third-order valence-electron chi connectivity index (χ3n) is 4.91. The van der Waals surface area contributed by atoms with Gasteiger partial charge in [-0.3, -0.25) is 4.90 Å². The number of halogens is 1. The molecular formula is C20H29FN6OS. The predicted octanol–water partition coefficient (Wildman–Crippen LogP) is 2.49. The van der Waals surface area contributed by atoms with E-state index in [2.05, 4.69) is 36.7 Å². The summed E-state index contributed by atoms with van der Waals surface area (Å²) in [7, 11) is 0. The molecular weight excluding hydrogens is 391 g/mol. The van der Waals surface area contributed by atoms with Crippen LogP contribution in [0.1, 0.15) is 31.2 Å². The first-order valence-corrected chi connectivity index (χ1v) is 11.0. The van der Waals surface area contributed by atoms with E-state index in [0.29, 0.717) is 13.0 Å². The van der Waals surface area contributed by atoms with Gasteiger partial charge in [-0.25, -0.2) is 14.2 Å². The molecule has 9 heteroatoms. The van der Waals surface area contributed by atoms with Gasteiger partial charge in [0.05, 0.1) is 0 Å². The first-order chi connectivity index (χ1) is 14.1. The molecule has 1 saturated heterocycles. The zero-order valence-corrected chi connectivity index (χ0v) is 17.7. The van der Waals surface area contributed by atoms with Crippen LogP contribution >= 0.6 is 11.5 Å². The number of unbranched alkanes of at least 4 members (excludes halogenated alkanes) is 1. The Bertz CT molecular complexity index is 761. The van der Waals surface area contributed by atoms with Crippen molar-refractivity contribution in [3.63, 3.8) is 0 Å². The van der Waals surface area contributed by atoms with Gasteiger partial charge < -0.3 is 15.5 Å². The Morgan fingerprint density at radius 1 is 1.14 bits per heavy atom. The van der Waals surface area contributed by atoms with Gasteiger partial charge in [0.1, 0.15) is 11.6 Å². The molecule has 3 rings (SSSR count). The highest BCUT2D eigenvalue weighted by Crippen LogP contribution is 2.20. The van der Waals surface area contributed by atoms with Gasteiger partial charge in [0.25, 0.3) is 0 Å². The van der Waals surface area contributed by atoms with Crippen LogP contribution in [0, 0.1) is 5.82 Å². The Kier molecular flexibility index (Phi) is 8.18. The number of nitrogens with one attached hydrogen (secondary N) is 2. The number of benzene rings is 1. The van der Waals surface area contributed by atoms with Gasteiger partial charge in [0.2, 0.25) is 5.13 Å². The summed E-state index contributed by atoms with van der Waals surface area (Å²) in [6, 6.07) is 6.39. The summed E-state index contributed by atoms with van der Waals surface area (Å²) in [5.74, 6) is 0.545. The lowest BCUT2D eigenvalue weighted by Crippen LogP contribution is -2.49. The number of aromatic nitrogens is 2. The van der Waals surface area contributed by atoms with Gasteiger partial charge >= 0.3 is 6.03 Å². The zero-order valence-electron chi connectivity index (χ0n) is 16.9. The van der Waals surface area contributed by atoms with E-state index in [0.717, 1.165) is 68.6 Å². The summed E-state index contributed by atoms with van der Waals surface area (Å²) in [5.41, 5.74) is 1.01. The van der Waals surface area contributed by atoms with Gasteiger partial charge in [-0.15, -0.1) is 0 Å². The summed E-state index contributed by atoms with van der Waals surface area (Å²) < 4.78 is 17.5. The van der Waals surface area contributed by atoms with E-state index in [-0.39, 0.29) is 11.8 Å². The van der Waals surface area contributed by atoms with Crippen molar-refractivity contribution in [1.29, 1.82) is 0 Å². The summed E-state index contributed by atoms with van der Waals surface area (Å²) in [4.78, 5) is 20.9. The molecule has 1 aromatic carbocycles. The van der Waals surface area contributed by atoms with Crippen LogP contribution < -0.4 is 15.5 Å². The predicted molar refractivity (Wildman–Crippen MR) is 114 cm³/mol. The van der Waals surface area contributed by atoms with Crippen molar-refractivity contribution >= 4 is 22.7 Å². The monoisotopic (exact) mass is 420 g/mol. The molecule has 2 N–H and O–H groups in total. The molecule has 0 spiro atoms. The molecule has 2 amide bonds. The summed E-state index contributed by atoms with van der Waals surface area (Å²) >= 11 is 1.42. The molecule has 1 aliphatic heterocycles. The molecule has 2 aromatic rings. The first kappa shape index (κ1) is 21.4. The fourth-order valence-electron chi connectivity index (χ4n) is 3.16. The lowest BCUT2D eigenvalue weighted by atomic mass is 10.1. The van der Waals surface area contributed by atoms with Gasteiger partial charge in [-0.1, -0.05) is 25.5 Å². The number of amides is 2. The molecule has 0 atom stereocenters. The van der Waals surface area contributed by atoms with Crippen molar-refractivity contribution in [1.82, 2.24) is 24.9 Å². The number of carbonyl (C=O) groups is 1. The summed E-state index contributed by atoms with van der Waals surface area (Å²) in [5, 5.41) is 6.72. The van der Waals surface area contributed by atoms with Crippen molar-refractivity contribution < 1.29 is 9.18 Å². The van der Waals surface area contributed by atoms with E-state index in [9.17, 15) is 9.18 Å². The molecule has 0 radical (unpaired) electrons. The van der Waals surface area contributed by atoms with Crippen LogP contribution in [0.2, 0.25) is 0 Å². The van der Waals surface area contributed by atoms with E-state index in [4.69, 9.17) is 0 Å². The summed E-state index contributed by atoms with van der Waals surface area (Å²) in [6.45, 7) is 8.00. The quantitative estimate of drug-likeness (QED) is 0.610. The fraction of sp³-hybridized carbons (Fsp3) is 0.550. The first-order valence-electron chi connectivity index (χ1n) is 10.2. The van der Waals surface area contributed by atoms with Crippen LogP contribution in [0.5, 0.6) is 0 Å². The smallest absolute Gasteiger partial charge is 0.314 e. The average molecular weight is 421 g/mol. The largest absolute Gasteiger partial charge is 0.344 e. The van der Waals surface area contributed by atoms with Crippen molar-refractivity contribution in [3.05, 3.63) is 41.5 Å². The number of urea groups is 1. The number of hydrogen-bond donors (Lipinski definition) is 2. The Morgan fingerprint density at radius 3 is 2.59 bits per heavy atom. The fourth-order valence-corrected chi connectivity index (χ4v) is 3.90. The second-order valence-electron chi connectivity index (χ2n) is 7.16. The molecule has 0 saturated carbocycles. The number of carbonyl (C=O) groups excluding carboxylic acids is 1. The maximum absolute atomic E-state index is 13.0. The highest BCUT2D eigenvalue weighted by Gasteiger charge is 2.20. The zero-order chi connectivity index (χ0) is 20.5. The molecule has 1 aliphatic rings. The molecule has 0 bridgehead atoms. The molecule has 1 aromatic heterocycles. The van der Waals surface area contributed by atoms with Crippen molar-refractivity contribution in [2.24, 2.45) is 0 Å².